The number of rotatable bonds is 4. The first kappa shape index (κ1) is 13.5. The molecule has 0 atom stereocenters. The highest BCUT2D eigenvalue weighted by atomic mass is 16.1. The van der Waals surface area contributed by atoms with E-state index >= 15 is 0 Å². The third kappa shape index (κ3) is 3.76. The Balaban J connectivity index is 2.72. The second kappa shape index (κ2) is 6.21. The van der Waals surface area contributed by atoms with Gasteiger partial charge in [0.1, 0.15) is 11.6 Å². The maximum atomic E-state index is 11.6. The van der Waals surface area contributed by atoms with Gasteiger partial charge in [-0.25, -0.2) is 0 Å². The van der Waals surface area contributed by atoms with Gasteiger partial charge in [-0.3, -0.25) is 9.59 Å². The topological polar surface area (TPSA) is 96.0 Å². The molecule has 0 aliphatic heterocycles. The lowest BCUT2D eigenvalue weighted by Gasteiger charge is -2.05. The lowest BCUT2D eigenvalue weighted by molar-refractivity contribution is -0.115. The summed E-state index contributed by atoms with van der Waals surface area (Å²) in [6.07, 6.45) is -0.183. The van der Waals surface area contributed by atoms with Crippen LogP contribution in [0.5, 0.6) is 0 Å². The van der Waals surface area contributed by atoms with Crippen molar-refractivity contribution in [2.75, 3.05) is 5.32 Å². The van der Waals surface area contributed by atoms with Crippen LogP contribution < -0.4 is 11.1 Å². The van der Waals surface area contributed by atoms with Crippen LogP contribution in [0.1, 0.15) is 13.3 Å². The molecule has 0 aliphatic carbocycles. The Morgan fingerprint density at radius 1 is 1.33 bits per heavy atom. The third-order valence-corrected chi connectivity index (χ3v) is 2.19. The molecule has 5 nitrogen and oxygen atoms in total. The number of amides is 1. The lowest BCUT2D eigenvalue weighted by atomic mass is 10.1. The summed E-state index contributed by atoms with van der Waals surface area (Å²) in [5, 5.41) is 11.3. The Morgan fingerprint density at radius 3 is 2.44 bits per heavy atom. The van der Waals surface area contributed by atoms with Gasteiger partial charge in [-0.05, 0) is 19.1 Å². The van der Waals surface area contributed by atoms with Gasteiger partial charge in [0, 0.05) is 11.4 Å². The Bertz CT molecular complexity index is 527. The minimum Gasteiger partial charge on any atom is -0.400 e. The van der Waals surface area contributed by atoms with E-state index in [1.165, 1.54) is 6.92 Å². The van der Waals surface area contributed by atoms with Crippen LogP contribution >= 0.6 is 0 Å². The van der Waals surface area contributed by atoms with Gasteiger partial charge in [-0.1, -0.05) is 18.2 Å². The molecule has 0 bridgehead atoms. The Hall–Kier alpha value is -2.61. The van der Waals surface area contributed by atoms with Crippen LogP contribution in [0.15, 0.2) is 41.6 Å². The second-order valence-corrected chi connectivity index (χ2v) is 3.66. The van der Waals surface area contributed by atoms with Crippen LogP contribution in [0.2, 0.25) is 0 Å². The van der Waals surface area contributed by atoms with E-state index in [1.807, 2.05) is 6.07 Å². The number of nitrogens with zero attached hydrogens (tertiary/aromatic N) is 1. The summed E-state index contributed by atoms with van der Waals surface area (Å²) in [7, 11) is 0. The number of carbonyl (C=O) groups is 2. The largest absolute Gasteiger partial charge is 0.400 e. The molecular weight excluding hydrogens is 230 g/mol. The van der Waals surface area contributed by atoms with Gasteiger partial charge in [-0.15, -0.1) is 0 Å². The van der Waals surface area contributed by atoms with Crippen LogP contribution in [0.25, 0.3) is 0 Å². The SMILES string of the molecule is CC(=O)C(C#N)=C(N)CC(=O)Nc1ccccc1. The number of nitrogens with two attached hydrogens (primary N) is 1. The summed E-state index contributed by atoms with van der Waals surface area (Å²) in [4.78, 5) is 22.7. The van der Waals surface area contributed by atoms with E-state index in [9.17, 15) is 9.59 Å². The number of hydrogen-bond donors (Lipinski definition) is 2. The van der Waals surface area contributed by atoms with Crippen molar-refractivity contribution in [3.8, 4) is 6.07 Å². The van der Waals surface area contributed by atoms with Gasteiger partial charge >= 0.3 is 0 Å². The summed E-state index contributed by atoms with van der Waals surface area (Å²) in [6, 6.07) is 10.5. The number of hydrogen-bond acceptors (Lipinski definition) is 4. The number of nitrogens with one attached hydrogen (secondary N) is 1. The Morgan fingerprint density at radius 2 is 1.94 bits per heavy atom. The normalized spacial score (nSPS) is 11.1. The molecule has 3 N–H and O–H groups in total. The predicted octanol–water partition coefficient (Wildman–Crippen LogP) is 1.34. The summed E-state index contributed by atoms with van der Waals surface area (Å²) in [5.74, 6) is -0.810. The van der Waals surface area contributed by atoms with Gasteiger partial charge < -0.3 is 11.1 Å². The van der Waals surface area contributed by atoms with Crippen molar-refractivity contribution in [2.24, 2.45) is 5.73 Å². The molecule has 1 rings (SSSR count). The molecule has 1 amide bonds. The van der Waals surface area contributed by atoms with E-state index in [1.54, 1.807) is 30.3 Å². The molecule has 0 saturated carbocycles. The number of anilines is 1. The molecule has 1 aromatic rings. The highest BCUT2D eigenvalue weighted by Gasteiger charge is 2.12. The molecule has 0 unspecified atom stereocenters. The van der Waals surface area contributed by atoms with E-state index in [0.29, 0.717) is 5.69 Å². The highest BCUT2D eigenvalue weighted by Crippen LogP contribution is 2.08. The van der Waals surface area contributed by atoms with Crippen molar-refractivity contribution in [1.82, 2.24) is 0 Å². The Labute approximate surface area is 105 Å². The standard InChI is InChI=1S/C13H13N3O2/c1-9(17)11(8-14)12(15)7-13(18)16-10-5-3-2-4-6-10/h2-6H,7,15H2,1H3,(H,16,18). The number of carbonyl (C=O) groups excluding carboxylic acids is 2. The zero-order chi connectivity index (χ0) is 13.5. The molecule has 18 heavy (non-hydrogen) atoms. The van der Waals surface area contributed by atoms with E-state index in [4.69, 9.17) is 11.0 Å². The molecule has 0 spiro atoms. The fourth-order valence-corrected chi connectivity index (χ4v) is 1.36. The summed E-state index contributed by atoms with van der Waals surface area (Å²) in [6.45, 7) is 1.24. The molecule has 5 heteroatoms. The number of benzene rings is 1. The maximum Gasteiger partial charge on any atom is 0.230 e. The summed E-state index contributed by atoms with van der Waals surface area (Å²) < 4.78 is 0. The first-order valence-corrected chi connectivity index (χ1v) is 5.29. The second-order valence-electron chi connectivity index (χ2n) is 3.66. The fraction of sp³-hybridized carbons (Fsp3) is 0.154. The fourth-order valence-electron chi connectivity index (χ4n) is 1.36. The minimum atomic E-state index is -0.442. The molecule has 0 radical (unpaired) electrons. The molecule has 1 aromatic carbocycles. The van der Waals surface area contributed by atoms with Crippen LogP contribution in [0, 0.1) is 11.3 Å². The number of ketones is 1. The van der Waals surface area contributed by atoms with Crippen molar-refractivity contribution in [2.45, 2.75) is 13.3 Å². The van der Waals surface area contributed by atoms with Crippen LogP contribution in [0.3, 0.4) is 0 Å². The summed E-state index contributed by atoms with van der Waals surface area (Å²) >= 11 is 0. The Kier molecular flexibility index (Phi) is 4.64. The highest BCUT2D eigenvalue weighted by molar-refractivity contribution is 6.00. The zero-order valence-electron chi connectivity index (χ0n) is 9.93. The van der Waals surface area contributed by atoms with Crippen molar-refractivity contribution < 1.29 is 9.59 Å². The molecule has 0 saturated heterocycles. The van der Waals surface area contributed by atoms with Gasteiger partial charge in [0.15, 0.2) is 5.78 Å². The number of Topliss-reactive ketones (excluding diaryl/α,β-unsaturated/α-hetero) is 1. The average molecular weight is 243 g/mol. The van der Waals surface area contributed by atoms with Crippen molar-refractivity contribution in [1.29, 1.82) is 5.26 Å². The quantitative estimate of drug-likeness (QED) is 0.616. The lowest BCUT2D eigenvalue weighted by Crippen LogP contribution is -2.17. The number of para-hydroxylation sites is 1. The first-order chi connectivity index (χ1) is 8.54. The zero-order valence-corrected chi connectivity index (χ0v) is 9.93. The number of nitriles is 1. The molecular formula is C13H13N3O2. The van der Waals surface area contributed by atoms with E-state index < -0.39 is 5.78 Å². The minimum absolute atomic E-state index is 0.0153. The van der Waals surface area contributed by atoms with Crippen molar-refractivity contribution in [3.05, 3.63) is 41.6 Å². The van der Waals surface area contributed by atoms with Crippen molar-refractivity contribution in [3.63, 3.8) is 0 Å². The van der Waals surface area contributed by atoms with Gasteiger partial charge in [-0.2, -0.15) is 5.26 Å². The smallest absolute Gasteiger partial charge is 0.230 e. The first-order valence-electron chi connectivity index (χ1n) is 5.29. The van der Waals surface area contributed by atoms with Gasteiger partial charge in [0.05, 0.1) is 6.42 Å². The van der Waals surface area contributed by atoms with Gasteiger partial charge in [0.2, 0.25) is 5.91 Å². The molecule has 0 aliphatic rings. The summed E-state index contributed by atoms with van der Waals surface area (Å²) in [5.41, 5.74) is 6.01. The van der Waals surface area contributed by atoms with Gasteiger partial charge in [0.25, 0.3) is 0 Å². The van der Waals surface area contributed by atoms with E-state index in [2.05, 4.69) is 5.32 Å². The number of allylic oxidation sites excluding steroid dienone is 1. The maximum absolute atomic E-state index is 11.6. The van der Waals surface area contributed by atoms with Crippen LogP contribution in [-0.2, 0) is 9.59 Å². The average Bonchev–Trinajstić information content (AvgIpc) is 2.30. The molecule has 0 fully saturated rings. The van der Waals surface area contributed by atoms with E-state index in [-0.39, 0.29) is 23.6 Å². The molecule has 92 valence electrons. The van der Waals surface area contributed by atoms with E-state index in [0.717, 1.165) is 0 Å². The van der Waals surface area contributed by atoms with Crippen LogP contribution in [0.4, 0.5) is 5.69 Å². The molecule has 0 aromatic heterocycles. The predicted molar refractivity (Wildman–Crippen MR) is 67.2 cm³/mol. The monoisotopic (exact) mass is 243 g/mol. The molecule has 0 heterocycles. The van der Waals surface area contributed by atoms with Crippen LogP contribution in [-0.4, -0.2) is 11.7 Å². The van der Waals surface area contributed by atoms with Crippen molar-refractivity contribution >= 4 is 17.4 Å². The third-order valence-electron chi connectivity index (χ3n) is 2.19.